The number of aryl methyl sites for hydroxylation is 1. The number of alkyl halides is 3. The Balaban J connectivity index is 1.66. The molecule has 0 bridgehead atoms. The minimum absolute atomic E-state index is 0.151. The molecule has 9 nitrogen and oxygen atoms in total. The largest absolute Gasteiger partial charge is 0.573 e. The Kier molecular flexibility index (Phi) is 9.06. The molecule has 3 aromatic heterocycles. The Morgan fingerprint density at radius 3 is 2.40 bits per heavy atom. The number of thiazole rings is 1. The number of rotatable bonds is 11. The number of hydrogen-bond donors (Lipinski definition) is 4. The first kappa shape index (κ1) is 29.4. The van der Waals surface area contributed by atoms with Gasteiger partial charge in [-0.05, 0) is 51.0 Å². The van der Waals surface area contributed by atoms with Crippen LogP contribution in [0.25, 0.3) is 20.8 Å². The first-order valence-electron chi connectivity index (χ1n) is 12.8. The van der Waals surface area contributed by atoms with Crippen LogP contribution < -0.4 is 15.4 Å². The van der Waals surface area contributed by atoms with Crippen LogP contribution in [0.2, 0.25) is 0 Å². The third-order valence-corrected chi connectivity index (χ3v) is 7.63. The molecule has 2 unspecified atom stereocenters. The molecule has 0 radical (unpaired) electrons. The number of ether oxygens (including phenoxy) is 1. The number of benzene rings is 1. The van der Waals surface area contributed by atoms with Crippen LogP contribution in [0.5, 0.6) is 5.75 Å². The quantitative estimate of drug-likeness (QED) is 0.178. The van der Waals surface area contributed by atoms with E-state index in [9.17, 15) is 23.4 Å². The number of pyridine rings is 1. The van der Waals surface area contributed by atoms with E-state index in [0.717, 1.165) is 10.2 Å². The fourth-order valence-corrected chi connectivity index (χ4v) is 5.34. The average molecular weight is 577 g/mol. The number of halogens is 3. The lowest BCUT2D eigenvalue weighted by atomic mass is 9.95. The first-order chi connectivity index (χ1) is 19.0. The van der Waals surface area contributed by atoms with Crippen LogP contribution in [0.3, 0.4) is 0 Å². The molecule has 3 heterocycles. The molecule has 0 spiro atoms. The summed E-state index contributed by atoms with van der Waals surface area (Å²) < 4.78 is 42.4. The van der Waals surface area contributed by atoms with E-state index in [1.807, 2.05) is 33.8 Å². The molecule has 40 heavy (non-hydrogen) atoms. The molecular weight excluding hydrogens is 545 g/mol. The smallest absolute Gasteiger partial charge is 0.406 e. The molecule has 4 atom stereocenters. The molecule has 0 saturated carbocycles. The van der Waals surface area contributed by atoms with Gasteiger partial charge < -0.3 is 25.6 Å². The van der Waals surface area contributed by atoms with E-state index in [2.05, 4.69) is 25.3 Å². The summed E-state index contributed by atoms with van der Waals surface area (Å²) in [7, 11) is 0. The molecule has 0 amide bonds. The highest BCUT2D eigenvalue weighted by Crippen LogP contribution is 2.37. The van der Waals surface area contributed by atoms with Crippen molar-refractivity contribution in [3.05, 3.63) is 54.0 Å². The van der Waals surface area contributed by atoms with E-state index >= 15 is 0 Å². The number of nitrogens with zero attached hydrogens (tertiary/aromatic N) is 4. The molecule has 0 aliphatic rings. The fraction of sp³-hybridized carbons (Fsp3) is 0.407. The number of aromatic nitrogens is 4. The lowest BCUT2D eigenvalue weighted by Crippen LogP contribution is -2.38. The number of hydrogen-bond acceptors (Lipinski definition) is 10. The Morgan fingerprint density at radius 2 is 1.77 bits per heavy atom. The van der Waals surface area contributed by atoms with E-state index in [4.69, 9.17) is 9.97 Å². The van der Waals surface area contributed by atoms with Gasteiger partial charge in [-0.15, -0.1) is 24.5 Å². The summed E-state index contributed by atoms with van der Waals surface area (Å²) in [6.07, 6.45) is -1.63. The number of aliphatic hydroxyl groups is 2. The maximum atomic E-state index is 12.5. The predicted molar refractivity (Wildman–Crippen MR) is 148 cm³/mol. The van der Waals surface area contributed by atoms with Gasteiger partial charge >= 0.3 is 6.36 Å². The van der Waals surface area contributed by atoms with Gasteiger partial charge in [0.15, 0.2) is 0 Å². The van der Waals surface area contributed by atoms with Crippen molar-refractivity contribution >= 4 is 33.3 Å². The van der Waals surface area contributed by atoms with Crippen molar-refractivity contribution in [2.75, 3.05) is 17.2 Å². The second-order valence-electron chi connectivity index (χ2n) is 9.48. The zero-order chi connectivity index (χ0) is 29.0. The van der Waals surface area contributed by atoms with Crippen LogP contribution in [0.1, 0.15) is 44.5 Å². The zero-order valence-electron chi connectivity index (χ0n) is 22.4. The molecule has 13 heteroatoms. The summed E-state index contributed by atoms with van der Waals surface area (Å²) in [6, 6.07) is 6.63. The lowest BCUT2D eigenvalue weighted by molar-refractivity contribution is -0.274. The van der Waals surface area contributed by atoms with Crippen molar-refractivity contribution in [1.82, 2.24) is 19.9 Å². The van der Waals surface area contributed by atoms with Gasteiger partial charge in [-0.1, -0.05) is 19.1 Å². The molecular formula is C27H31F3N6O3S. The van der Waals surface area contributed by atoms with Gasteiger partial charge in [0, 0.05) is 18.7 Å². The molecule has 0 aliphatic heterocycles. The SMILES string of the molecule is CCC(CO)[C@@H](O)C(C)Nc1nc(N[C@H](C)c2ccc(OC(F)(F)F)cc2)nc(C)c1-c1nc2cnccc2s1. The van der Waals surface area contributed by atoms with Crippen molar-refractivity contribution in [1.29, 1.82) is 0 Å². The van der Waals surface area contributed by atoms with Crippen LogP contribution in [-0.2, 0) is 0 Å². The maximum absolute atomic E-state index is 12.5. The van der Waals surface area contributed by atoms with Gasteiger partial charge in [-0.3, -0.25) is 4.98 Å². The van der Waals surface area contributed by atoms with E-state index < -0.39 is 18.5 Å². The summed E-state index contributed by atoms with van der Waals surface area (Å²) in [6.45, 7) is 7.22. The molecule has 0 aliphatic carbocycles. The Morgan fingerprint density at radius 1 is 1.05 bits per heavy atom. The van der Waals surface area contributed by atoms with Gasteiger partial charge in [0.05, 0.1) is 40.3 Å². The summed E-state index contributed by atoms with van der Waals surface area (Å²) in [5.74, 6) is 0.107. The normalized spacial score (nSPS) is 14.9. The Bertz CT molecular complexity index is 1400. The molecule has 0 saturated heterocycles. The zero-order valence-corrected chi connectivity index (χ0v) is 23.2. The van der Waals surface area contributed by atoms with E-state index in [0.29, 0.717) is 34.1 Å². The van der Waals surface area contributed by atoms with Gasteiger partial charge in [0.25, 0.3) is 0 Å². The summed E-state index contributed by atoms with van der Waals surface area (Å²) in [5, 5.41) is 27.7. The lowest BCUT2D eigenvalue weighted by Gasteiger charge is -2.27. The summed E-state index contributed by atoms with van der Waals surface area (Å²) in [4.78, 5) is 18.2. The van der Waals surface area contributed by atoms with Gasteiger partial charge in [-0.25, -0.2) is 9.97 Å². The van der Waals surface area contributed by atoms with Crippen LogP contribution in [0, 0.1) is 12.8 Å². The van der Waals surface area contributed by atoms with Crippen molar-refractivity contribution in [2.24, 2.45) is 5.92 Å². The van der Waals surface area contributed by atoms with Crippen molar-refractivity contribution in [2.45, 2.75) is 58.7 Å². The number of anilines is 2. The van der Waals surface area contributed by atoms with Crippen molar-refractivity contribution in [3.63, 3.8) is 0 Å². The third kappa shape index (κ3) is 6.95. The second-order valence-corrected chi connectivity index (χ2v) is 10.5. The van der Waals surface area contributed by atoms with Gasteiger partial charge in [0.2, 0.25) is 5.95 Å². The average Bonchev–Trinajstić information content (AvgIpc) is 3.32. The summed E-state index contributed by atoms with van der Waals surface area (Å²) >= 11 is 1.47. The minimum atomic E-state index is -4.76. The second kappa shape index (κ2) is 12.3. The molecule has 4 rings (SSSR count). The van der Waals surface area contributed by atoms with Crippen LogP contribution in [0.15, 0.2) is 42.7 Å². The van der Waals surface area contributed by atoms with Crippen molar-refractivity contribution in [3.8, 4) is 16.3 Å². The molecule has 4 N–H and O–H groups in total. The van der Waals surface area contributed by atoms with E-state index in [1.54, 1.807) is 12.4 Å². The number of aliphatic hydroxyl groups excluding tert-OH is 2. The number of nitrogens with one attached hydrogen (secondary N) is 2. The topological polar surface area (TPSA) is 125 Å². The maximum Gasteiger partial charge on any atom is 0.573 e. The highest BCUT2D eigenvalue weighted by molar-refractivity contribution is 7.21. The summed E-state index contributed by atoms with van der Waals surface area (Å²) in [5.41, 5.74) is 2.74. The van der Waals surface area contributed by atoms with E-state index in [-0.39, 0.29) is 30.3 Å². The monoisotopic (exact) mass is 576 g/mol. The van der Waals surface area contributed by atoms with Crippen molar-refractivity contribution < 1.29 is 28.1 Å². The number of fused-ring (bicyclic) bond motifs is 1. The molecule has 214 valence electrons. The highest BCUT2D eigenvalue weighted by atomic mass is 32.1. The van der Waals surface area contributed by atoms with Crippen LogP contribution in [0.4, 0.5) is 24.9 Å². The molecule has 1 aromatic carbocycles. The standard InChI is InChI=1S/C27H31F3N6O3S/c1-5-17(13-37)23(38)16(4)32-24-22(25-35-20-12-31-11-10-21(20)40-25)15(3)34-26(36-24)33-14(2)18-6-8-19(9-7-18)39-27(28,29)30/h6-12,14,16-17,23,37-38H,5,13H2,1-4H3,(H2,32,33,34,36)/t14-,16?,17?,23+/m1/s1. The molecule has 0 fully saturated rings. The van der Waals surface area contributed by atoms with Gasteiger partial charge in [-0.2, -0.15) is 4.98 Å². The Hall–Kier alpha value is -3.55. The predicted octanol–water partition coefficient (Wildman–Crippen LogP) is 5.71. The minimum Gasteiger partial charge on any atom is -0.406 e. The Labute approximate surface area is 233 Å². The first-order valence-corrected chi connectivity index (χ1v) is 13.6. The van der Waals surface area contributed by atoms with E-state index in [1.165, 1.54) is 35.6 Å². The van der Waals surface area contributed by atoms with Crippen LogP contribution in [-0.4, -0.2) is 55.3 Å². The highest BCUT2D eigenvalue weighted by Gasteiger charge is 2.31. The van der Waals surface area contributed by atoms with Gasteiger partial charge in [0.1, 0.15) is 22.1 Å². The fourth-order valence-electron chi connectivity index (χ4n) is 4.31. The van der Waals surface area contributed by atoms with Crippen LogP contribution >= 0.6 is 11.3 Å². The third-order valence-electron chi connectivity index (χ3n) is 6.57. The molecule has 4 aromatic rings.